The third-order valence-electron chi connectivity index (χ3n) is 7.61. The number of carbonyl (C=O) groups excluding carboxylic acids is 1. The number of alkyl carbamates (subject to hydrolysis) is 1. The summed E-state index contributed by atoms with van der Waals surface area (Å²) in [5.74, 6) is 0. The summed E-state index contributed by atoms with van der Waals surface area (Å²) in [5.41, 5.74) is 1.92. The fraction of sp³-hybridized carbons (Fsp3) is 0.548. The van der Waals surface area contributed by atoms with Crippen molar-refractivity contribution in [1.82, 2.24) is 5.32 Å². The number of hydrogen-bond donors (Lipinski definition) is 1. The van der Waals surface area contributed by atoms with Crippen molar-refractivity contribution in [3.8, 4) is 0 Å². The van der Waals surface area contributed by atoms with Gasteiger partial charge >= 0.3 is 6.09 Å². The molecule has 1 N–H and O–H groups in total. The van der Waals surface area contributed by atoms with Gasteiger partial charge in [-0.2, -0.15) is 0 Å². The third-order valence-corrected chi connectivity index (χ3v) is 7.61. The van der Waals surface area contributed by atoms with E-state index < -0.39 is 17.3 Å². The molecule has 0 radical (unpaired) electrons. The zero-order chi connectivity index (χ0) is 38.4. The summed E-state index contributed by atoms with van der Waals surface area (Å²) in [6, 6.07) is 30.9. The molecule has 0 atom stereocenters. The summed E-state index contributed by atoms with van der Waals surface area (Å²) in [4.78, 5) is 11.5. The summed E-state index contributed by atoms with van der Waals surface area (Å²) >= 11 is 0. The van der Waals surface area contributed by atoms with Gasteiger partial charge in [0, 0.05) is 6.54 Å². The Morgan fingerprint density at radius 2 is 0.704 bits per heavy atom. The Hall–Kier alpha value is -3.43. The lowest BCUT2D eigenvalue weighted by atomic mass is 9.80. The van der Waals surface area contributed by atoms with Crippen molar-refractivity contribution in [2.75, 3.05) is 119 Å². The van der Waals surface area contributed by atoms with Crippen molar-refractivity contribution < 1.29 is 52.2 Å². The van der Waals surface area contributed by atoms with E-state index in [9.17, 15) is 4.79 Å². The average Bonchev–Trinajstić information content (AvgIpc) is 3.18. The highest BCUT2D eigenvalue weighted by Gasteiger charge is 2.37. The molecule has 12 heteroatoms. The highest BCUT2D eigenvalue weighted by molar-refractivity contribution is 5.67. The molecule has 0 saturated carbocycles. The third kappa shape index (κ3) is 19.2. The van der Waals surface area contributed by atoms with Crippen molar-refractivity contribution >= 4 is 6.09 Å². The zero-order valence-electron chi connectivity index (χ0n) is 32.4. The van der Waals surface area contributed by atoms with E-state index in [0.29, 0.717) is 119 Å². The van der Waals surface area contributed by atoms with Crippen LogP contribution in [-0.4, -0.2) is 131 Å². The number of carbonyl (C=O) groups is 1. The van der Waals surface area contributed by atoms with Crippen molar-refractivity contribution in [2.45, 2.75) is 32.0 Å². The number of amides is 1. The van der Waals surface area contributed by atoms with Crippen LogP contribution in [0.4, 0.5) is 4.79 Å². The minimum atomic E-state index is -0.755. The lowest BCUT2D eigenvalue weighted by molar-refractivity contribution is -0.0398. The number of ether oxygens (including phenoxy) is 10. The van der Waals surface area contributed by atoms with Gasteiger partial charge in [-0.3, -0.25) is 0 Å². The van der Waals surface area contributed by atoms with E-state index in [1.54, 1.807) is 0 Å². The molecule has 0 saturated heterocycles. The van der Waals surface area contributed by atoms with Gasteiger partial charge in [0.15, 0.2) is 0 Å². The predicted molar refractivity (Wildman–Crippen MR) is 206 cm³/mol. The lowest BCUT2D eigenvalue weighted by Gasteiger charge is -2.36. The molecule has 0 spiro atoms. The molecule has 3 aromatic rings. The van der Waals surface area contributed by atoms with Crippen LogP contribution in [-0.2, 0) is 53.0 Å². The minimum Gasteiger partial charge on any atom is -0.444 e. The van der Waals surface area contributed by atoms with E-state index in [4.69, 9.17) is 47.4 Å². The van der Waals surface area contributed by atoms with E-state index in [0.717, 1.165) is 16.7 Å². The van der Waals surface area contributed by atoms with E-state index in [-0.39, 0.29) is 0 Å². The van der Waals surface area contributed by atoms with Crippen LogP contribution in [0.3, 0.4) is 0 Å². The molecular formula is C42H61NO11. The molecule has 0 aromatic heterocycles. The summed E-state index contributed by atoms with van der Waals surface area (Å²) in [6.07, 6.45) is -0.453. The van der Waals surface area contributed by atoms with Crippen LogP contribution < -0.4 is 5.32 Å². The van der Waals surface area contributed by atoms with E-state index in [2.05, 4.69) is 41.7 Å². The Balaban J connectivity index is 1.08. The molecular weight excluding hydrogens is 694 g/mol. The molecule has 3 aromatic carbocycles. The van der Waals surface area contributed by atoms with Gasteiger partial charge in [0.25, 0.3) is 0 Å². The van der Waals surface area contributed by atoms with Crippen LogP contribution >= 0.6 is 0 Å². The standard InChI is InChI=1S/C42H61NO11/c1-41(2,3)54-40(44)43-19-20-45-21-22-46-23-24-47-25-26-48-27-28-49-29-30-50-31-32-51-33-34-52-35-36-53-42(37-13-7-4-8-14-37,38-15-9-5-10-16-38)39-17-11-6-12-18-39/h4-18H,19-36H2,1-3H3,(H,43,44). The minimum absolute atomic E-state index is 0.381. The average molecular weight is 756 g/mol. The van der Waals surface area contributed by atoms with Crippen LogP contribution in [0.2, 0.25) is 0 Å². The summed E-state index contributed by atoms with van der Waals surface area (Å²) in [7, 11) is 0. The highest BCUT2D eigenvalue weighted by Crippen LogP contribution is 2.40. The monoisotopic (exact) mass is 755 g/mol. The first-order chi connectivity index (χ1) is 26.4. The lowest BCUT2D eigenvalue weighted by Crippen LogP contribution is -2.34. The van der Waals surface area contributed by atoms with Crippen LogP contribution in [0.5, 0.6) is 0 Å². The first-order valence-corrected chi connectivity index (χ1v) is 18.8. The Kier molecular flexibility index (Phi) is 23.4. The summed E-state index contributed by atoms with van der Waals surface area (Å²) in [5, 5.41) is 2.64. The van der Waals surface area contributed by atoms with E-state index in [1.807, 2.05) is 75.4 Å². The normalized spacial score (nSPS) is 11.8. The summed E-state index contributed by atoms with van der Waals surface area (Å²) in [6.45, 7) is 13.7. The van der Waals surface area contributed by atoms with Crippen LogP contribution in [0.1, 0.15) is 37.5 Å². The number of rotatable bonds is 31. The Morgan fingerprint density at radius 3 is 1.00 bits per heavy atom. The van der Waals surface area contributed by atoms with Gasteiger partial charge in [-0.25, -0.2) is 4.79 Å². The second-order valence-corrected chi connectivity index (χ2v) is 13.0. The highest BCUT2D eigenvalue weighted by atomic mass is 16.6. The molecule has 0 unspecified atom stereocenters. The maximum atomic E-state index is 11.5. The number of hydrogen-bond acceptors (Lipinski definition) is 11. The van der Waals surface area contributed by atoms with Gasteiger partial charge in [0.1, 0.15) is 11.2 Å². The van der Waals surface area contributed by atoms with Gasteiger partial charge < -0.3 is 52.7 Å². The topological polar surface area (TPSA) is 121 Å². The molecule has 0 fully saturated rings. The van der Waals surface area contributed by atoms with Gasteiger partial charge in [0.2, 0.25) is 0 Å². The maximum Gasteiger partial charge on any atom is 0.407 e. The Morgan fingerprint density at radius 1 is 0.426 bits per heavy atom. The molecule has 54 heavy (non-hydrogen) atoms. The van der Waals surface area contributed by atoms with Crippen molar-refractivity contribution in [1.29, 1.82) is 0 Å². The molecule has 0 aliphatic carbocycles. The Bertz CT molecular complexity index is 1230. The van der Waals surface area contributed by atoms with Gasteiger partial charge in [0.05, 0.1) is 112 Å². The molecule has 3 rings (SSSR count). The largest absolute Gasteiger partial charge is 0.444 e. The molecule has 0 bridgehead atoms. The quantitative estimate of drug-likeness (QED) is 0.0648. The van der Waals surface area contributed by atoms with Gasteiger partial charge in [-0.1, -0.05) is 91.0 Å². The molecule has 0 heterocycles. The van der Waals surface area contributed by atoms with Crippen LogP contribution in [0, 0.1) is 0 Å². The molecule has 0 aliphatic rings. The maximum absolute atomic E-state index is 11.5. The fourth-order valence-electron chi connectivity index (χ4n) is 5.20. The molecule has 12 nitrogen and oxygen atoms in total. The van der Waals surface area contributed by atoms with E-state index in [1.165, 1.54) is 0 Å². The smallest absolute Gasteiger partial charge is 0.407 e. The number of benzene rings is 3. The zero-order valence-corrected chi connectivity index (χ0v) is 32.4. The second-order valence-electron chi connectivity index (χ2n) is 13.0. The number of nitrogens with one attached hydrogen (secondary N) is 1. The van der Waals surface area contributed by atoms with Crippen LogP contribution in [0.25, 0.3) is 0 Å². The molecule has 0 aliphatic heterocycles. The van der Waals surface area contributed by atoms with Crippen molar-refractivity contribution in [3.05, 3.63) is 108 Å². The fourth-order valence-corrected chi connectivity index (χ4v) is 5.20. The van der Waals surface area contributed by atoms with Gasteiger partial charge in [-0.15, -0.1) is 0 Å². The second kappa shape index (κ2) is 28.0. The van der Waals surface area contributed by atoms with Crippen LogP contribution in [0.15, 0.2) is 91.0 Å². The van der Waals surface area contributed by atoms with Crippen molar-refractivity contribution in [2.24, 2.45) is 0 Å². The predicted octanol–water partition coefficient (Wildman–Crippen LogP) is 5.65. The Labute approximate surface area is 321 Å². The molecule has 300 valence electrons. The summed E-state index contributed by atoms with van der Waals surface area (Å²) < 4.78 is 56.4. The van der Waals surface area contributed by atoms with Crippen molar-refractivity contribution in [3.63, 3.8) is 0 Å². The first kappa shape index (κ1) is 45.0. The van der Waals surface area contributed by atoms with E-state index >= 15 is 0 Å². The first-order valence-electron chi connectivity index (χ1n) is 18.8. The molecule has 1 amide bonds. The SMILES string of the molecule is CC(C)(C)OC(=O)NCCOCCOCCOCCOCCOCCOCCOCCOCCOC(c1ccccc1)(c1ccccc1)c1ccccc1. The van der Waals surface area contributed by atoms with Gasteiger partial charge in [-0.05, 0) is 37.5 Å².